The van der Waals surface area contributed by atoms with Crippen LogP contribution >= 0.6 is 22.9 Å². The van der Waals surface area contributed by atoms with E-state index >= 15 is 0 Å². The monoisotopic (exact) mass is 326 g/mol. The number of carboxylic acid groups (broad SMARTS) is 1. The molecule has 1 heterocycles. The van der Waals surface area contributed by atoms with Crippen molar-refractivity contribution in [2.45, 2.75) is 6.42 Å². The number of halogens is 1. The van der Waals surface area contributed by atoms with Crippen molar-refractivity contribution in [3.8, 4) is 0 Å². The number of nitrogens with one attached hydrogen (secondary N) is 1. The summed E-state index contributed by atoms with van der Waals surface area (Å²) in [6.07, 6.45) is -0.145. The first-order valence-corrected chi connectivity index (χ1v) is 7.06. The lowest BCUT2D eigenvalue weighted by atomic mass is 10.2. The van der Waals surface area contributed by atoms with E-state index in [1.807, 2.05) is 0 Å². The maximum atomic E-state index is 11.5. The number of carbonyl (C=O) groups is 2. The number of ether oxygens (including phenoxy) is 1. The van der Waals surface area contributed by atoms with E-state index in [9.17, 15) is 9.59 Å². The van der Waals surface area contributed by atoms with Crippen LogP contribution in [0.15, 0.2) is 23.6 Å². The average Bonchev–Trinajstić information content (AvgIpc) is 2.86. The van der Waals surface area contributed by atoms with Gasteiger partial charge in [0.1, 0.15) is 0 Å². The predicted octanol–water partition coefficient (Wildman–Crippen LogP) is 2.95. The molecule has 0 saturated carbocycles. The van der Waals surface area contributed by atoms with Crippen molar-refractivity contribution in [2.75, 3.05) is 12.4 Å². The third-order valence-corrected chi connectivity index (χ3v) is 3.65. The molecule has 110 valence electrons. The number of hydrogen-bond donors (Lipinski definition) is 2. The quantitative estimate of drug-likeness (QED) is 0.821. The molecule has 2 N–H and O–H groups in total. The molecular formula is C13H11ClN2O4S. The molecule has 1 aromatic heterocycles. The van der Waals surface area contributed by atoms with Crippen LogP contribution in [-0.4, -0.2) is 29.1 Å². The zero-order valence-corrected chi connectivity index (χ0v) is 12.5. The van der Waals surface area contributed by atoms with Gasteiger partial charge in [0.2, 0.25) is 0 Å². The first kappa shape index (κ1) is 15.3. The third-order valence-electron chi connectivity index (χ3n) is 2.51. The molecular weight excluding hydrogens is 316 g/mol. The van der Waals surface area contributed by atoms with Crippen LogP contribution in [0, 0.1) is 0 Å². The van der Waals surface area contributed by atoms with Crippen LogP contribution in [-0.2, 0) is 16.0 Å². The lowest BCUT2D eigenvalue weighted by molar-refractivity contribution is -0.136. The summed E-state index contributed by atoms with van der Waals surface area (Å²) in [5.41, 5.74) is 1.30. The van der Waals surface area contributed by atoms with E-state index in [1.165, 1.54) is 18.4 Å². The molecule has 2 rings (SSSR count). The van der Waals surface area contributed by atoms with Gasteiger partial charge in [-0.1, -0.05) is 11.6 Å². The van der Waals surface area contributed by atoms with Crippen LogP contribution in [0.1, 0.15) is 16.1 Å². The topological polar surface area (TPSA) is 88.5 Å². The number of aromatic nitrogens is 1. The highest BCUT2D eigenvalue weighted by atomic mass is 35.5. The summed E-state index contributed by atoms with van der Waals surface area (Å²) in [5.74, 6) is -1.42. The summed E-state index contributed by atoms with van der Waals surface area (Å²) in [6, 6.07) is 4.67. The van der Waals surface area contributed by atoms with Crippen LogP contribution in [0.5, 0.6) is 0 Å². The van der Waals surface area contributed by atoms with Crippen molar-refractivity contribution in [1.82, 2.24) is 4.98 Å². The Hall–Kier alpha value is -2.12. The Morgan fingerprint density at radius 2 is 2.24 bits per heavy atom. The normalized spacial score (nSPS) is 10.2. The molecule has 2 aromatic rings. The summed E-state index contributed by atoms with van der Waals surface area (Å²) in [4.78, 5) is 26.2. The van der Waals surface area contributed by atoms with E-state index in [0.717, 1.165) is 0 Å². The molecule has 0 unspecified atom stereocenters. The van der Waals surface area contributed by atoms with E-state index in [4.69, 9.17) is 16.7 Å². The van der Waals surface area contributed by atoms with Crippen molar-refractivity contribution >= 4 is 45.7 Å². The molecule has 0 aliphatic carbocycles. The fraction of sp³-hybridized carbons (Fsp3) is 0.154. The molecule has 0 atom stereocenters. The van der Waals surface area contributed by atoms with Crippen LogP contribution in [0.2, 0.25) is 5.02 Å². The van der Waals surface area contributed by atoms with Crippen LogP contribution in [0.3, 0.4) is 0 Å². The van der Waals surface area contributed by atoms with Gasteiger partial charge in [-0.25, -0.2) is 9.78 Å². The number of nitrogens with zero attached hydrogens (tertiary/aromatic N) is 1. The molecule has 6 nitrogen and oxygen atoms in total. The zero-order valence-electron chi connectivity index (χ0n) is 10.9. The van der Waals surface area contributed by atoms with Gasteiger partial charge in [-0.15, -0.1) is 11.3 Å². The number of aliphatic carboxylic acids is 1. The number of rotatable bonds is 5. The van der Waals surface area contributed by atoms with Gasteiger partial charge in [0.15, 0.2) is 5.13 Å². The van der Waals surface area contributed by atoms with Gasteiger partial charge in [-0.3, -0.25) is 4.79 Å². The Balaban J connectivity index is 2.20. The maximum absolute atomic E-state index is 11.5. The average molecular weight is 327 g/mol. The molecule has 21 heavy (non-hydrogen) atoms. The van der Waals surface area contributed by atoms with Crippen molar-refractivity contribution in [3.05, 3.63) is 39.9 Å². The number of esters is 1. The Morgan fingerprint density at radius 1 is 1.48 bits per heavy atom. The van der Waals surface area contributed by atoms with Gasteiger partial charge in [0.25, 0.3) is 0 Å². The minimum atomic E-state index is -0.947. The van der Waals surface area contributed by atoms with Gasteiger partial charge in [-0.2, -0.15) is 0 Å². The maximum Gasteiger partial charge on any atom is 0.337 e. The van der Waals surface area contributed by atoms with Gasteiger partial charge in [0.05, 0.1) is 35.5 Å². The molecule has 0 aliphatic rings. The number of carboxylic acids is 1. The zero-order chi connectivity index (χ0) is 15.4. The van der Waals surface area contributed by atoms with E-state index in [0.29, 0.717) is 27.1 Å². The number of hydrogen-bond acceptors (Lipinski definition) is 6. The molecule has 8 heteroatoms. The molecule has 0 spiro atoms. The summed E-state index contributed by atoms with van der Waals surface area (Å²) < 4.78 is 4.64. The molecule has 0 bridgehead atoms. The van der Waals surface area contributed by atoms with Gasteiger partial charge in [-0.05, 0) is 18.2 Å². The second-order valence-corrected chi connectivity index (χ2v) is 5.29. The van der Waals surface area contributed by atoms with Crippen LogP contribution in [0.25, 0.3) is 0 Å². The van der Waals surface area contributed by atoms with E-state index in [1.54, 1.807) is 23.6 Å². The van der Waals surface area contributed by atoms with E-state index in [-0.39, 0.29) is 6.42 Å². The number of benzene rings is 1. The molecule has 0 fully saturated rings. The fourth-order valence-electron chi connectivity index (χ4n) is 1.58. The molecule has 0 saturated heterocycles. The lowest BCUT2D eigenvalue weighted by Crippen LogP contribution is -2.02. The highest BCUT2D eigenvalue weighted by molar-refractivity contribution is 7.13. The van der Waals surface area contributed by atoms with Gasteiger partial charge in [0, 0.05) is 5.38 Å². The number of carbonyl (C=O) groups excluding carboxylic acids is 1. The molecule has 0 radical (unpaired) electrons. The third kappa shape index (κ3) is 3.93. The molecule has 0 amide bonds. The first-order valence-electron chi connectivity index (χ1n) is 5.80. The predicted molar refractivity (Wildman–Crippen MR) is 79.5 cm³/mol. The molecule has 0 aliphatic heterocycles. The minimum absolute atomic E-state index is 0.145. The Kier molecular flexibility index (Phi) is 4.77. The van der Waals surface area contributed by atoms with Gasteiger partial charge >= 0.3 is 11.9 Å². The second-order valence-electron chi connectivity index (χ2n) is 4.03. The van der Waals surface area contributed by atoms with E-state index in [2.05, 4.69) is 15.0 Å². The standard InChI is InChI=1S/C13H11ClN2O4S/c1-20-12(19)7-2-3-9(14)10(4-7)16-13-15-8(6-21-13)5-11(17)18/h2-4,6H,5H2,1H3,(H,15,16)(H,17,18). The summed E-state index contributed by atoms with van der Waals surface area (Å²) in [7, 11) is 1.29. The summed E-state index contributed by atoms with van der Waals surface area (Å²) in [5, 5.41) is 14.2. The van der Waals surface area contributed by atoms with Crippen molar-refractivity contribution in [2.24, 2.45) is 0 Å². The van der Waals surface area contributed by atoms with Crippen molar-refractivity contribution in [3.63, 3.8) is 0 Å². The SMILES string of the molecule is COC(=O)c1ccc(Cl)c(Nc2nc(CC(=O)O)cs2)c1. The van der Waals surface area contributed by atoms with Crippen molar-refractivity contribution < 1.29 is 19.4 Å². The van der Waals surface area contributed by atoms with Crippen molar-refractivity contribution in [1.29, 1.82) is 0 Å². The molecule has 1 aromatic carbocycles. The highest BCUT2D eigenvalue weighted by Crippen LogP contribution is 2.28. The van der Waals surface area contributed by atoms with E-state index < -0.39 is 11.9 Å². The summed E-state index contributed by atoms with van der Waals surface area (Å²) >= 11 is 7.31. The largest absolute Gasteiger partial charge is 0.481 e. The first-order chi connectivity index (χ1) is 9.99. The summed E-state index contributed by atoms with van der Waals surface area (Å²) in [6.45, 7) is 0. The fourth-order valence-corrected chi connectivity index (χ4v) is 2.47. The second kappa shape index (κ2) is 6.55. The number of thiazole rings is 1. The lowest BCUT2D eigenvalue weighted by Gasteiger charge is -2.07. The Labute approximate surface area is 129 Å². The smallest absolute Gasteiger partial charge is 0.337 e. The number of anilines is 2. The highest BCUT2D eigenvalue weighted by Gasteiger charge is 2.11. The number of methoxy groups -OCH3 is 1. The van der Waals surface area contributed by atoms with Gasteiger partial charge < -0.3 is 15.2 Å². The minimum Gasteiger partial charge on any atom is -0.481 e. The Morgan fingerprint density at radius 3 is 2.90 bits per heavy atom. The van der Waals surface area contributed by atoms with Crippen LogP contribution < -0.4 is 5.32 Å². The Bertz CT molecular complexity index is 687. The van der Waals surface area contributed by atoms with Crippen LogP contribution in [0.4, 0.5) is 10.8 Å².